The number of anilines is 1. The molecule has 0 radical (unpaired) electrons. The number of carbonyl (C=O) groups excluding carboxylic acids is 2. The Kier molecular flexibility index (Phi) is 6.27. The highest BCUT2D eigenvalue weighted by Crippen LogP contribution is 2.43. The number of amides is 2. The molecule has 1 N–H and O–H groups in total. The smallest absolute Gasteiger partial charge is 0.255 e. The van der Waals surface area contributed by atoms with Crippen LogP contribution in [0, 0.1) is 0 Å². The van der Waals surface area contributed by atoms with Gasteiger partial charge in [-0.2, -0.15) is 0 Å². The fraction of sp³-hybridized carbons (Fsp3) is 0.261. The Hall–Kier alpha value is -3.59. The normalized spacial score (nSPS) is 13.5. The van der Waals surface area contributed by atoms with E-state index in [-0.39, 0.29) is 18.2 Å². The molecule has 166 valence electrons. The van der Waals surface area contributed by atoms with Crippen LogP contribution in [0.2, 0.25) is 0 Å². The maximum atomic E-state index is 13.2. The zero-order chi connectivity index (χ0) is 22.7. The zero-order valence-corrected chi connectivity index (χ0v) is 18.8. The monoisotopic (exact) mass is 453 g/mol. The number of methoxy groups -OCH3 is 3. The van der Waals surface area contributed by atoms with Crippen LogP contribution >= 0.6 is 11.3 Å². The molecular formula is C23H23N3O5S. The van der Waals surface area contributed by atoms with Crippen molar-refractivity contribution >= 4 is 28.3 Å². The molecule has 3 aromatic rings. The number of fused-ring (bicyclic) bond motifs is 1. The van der Waals surface area contributed by atoms with Gasteiger partial charge in [0.05, 0.1) is 33.8 Å². The second-order valence-corrected chi connectivity index (χ2v) is 8.05. The van der Waals surface area contributed by atoms with Gasteiger partial charge in [-0.15, -0.1) is 11.3 Å². The van der Waals surface area contributed by atoms with E-state index in [1.54, 1.807) is 34.7 Å². The average Bonchev–Trinajstić information content (AvgIpc) is 3.44. The summed E-state index contributed by atoms with van der Waals surface area (Å²) in [4.78, 5) is 31.9. The number of aromatic nitrogens is 1. The van der Waals surface area contributed by atoms with E-state index in [1.807, 2.05) is 18.2 Å². The van der Waals surface area contributed by atoms with Crippen molar-refractivity contribution in [2.75, 3.05) is 26.6 Å². The summed E-state index contributed by atoms with van der Waals surface area (Å²) in [5.74, 6) is 0.984. The first kappa shape index (κ1) is 21.6. The minimum atomic E-state index is -0.552. The maximum absolute atomic E-state index is 13.2. The molecule has 9 heteroatoms. The highest BCUT2D eigenvalue weighted by atomic mass is 32.1. The number of hydrogen-bond acceptors (Lipinski definition) is 7. The lowest BCUT2D eigenvalue weighted by Crippen LogP contribution is -2.32. The van der Waals surface area contributed by atoms with Crippen molar-refractivity contribution in [1.29, 1.82) is 0 Å². The van der Waals surface area contributed by atoms with Gasteiger partial charge in [-0.3, -0.25) is 9.59 Å². The topological polar surface area (TPSA) is 90.0 Å². The van der Waals surface area contributed by atoms with Gasteiger partial charge in [0.1, 0.15) is 0 Å². The van der Waals surface area contributed by atoms with Gasteiger partial charge in [-0.1, -0.05) is 18.2 Å². The Bertz CT molecular complexity index is 1110. The van der Waals surface area contributed by atoms with E-state index in [4.69, 9.17) is 14.2 Å². The number of hydrogen-bond donors (Lipinski definition) is 1. The quantitative estimate of drug-likeness (QED) is 0.557. The van der Waals surface area contributed by atoms with Crippen LogP contribution in [0.25, 0.3) is 0 Å². The fourth-order valence-electron chi connectivity index (χ4n) is 3.86. The molecule has 1 aliphatic rings. The number of nitrogens with zero attached hydrogens (tertiary/aromatic N) is 2. The third kappa shape index (κ3) is 4.11. The lowest BCUT2D eigenvalue weighted by molar-refractivity contribution is -0.117. The molecule has 1 aromatic heterocycles. The van der Waals surface area contributed by atoms with E-state index in [1.165, 1.54) is 32.7 Å². The second-order valence-electron chi connectivity index (χ2n) is 7.15. The molecule has 0 bridgehead atoms. The van der Waals surface area contributed by atoms with Crippen LogP contribution in [-0.2, 0) is 11.3 Å². The van der Waals surface area contributed by atoms with Crippen molar-refractivity contribution in [3.05, 3.63) is 64.7 Å². The minimum absolute atomic E-state index is 0.0396. The molecule has 8 nitrogen and oxygen atoms in total. The first-order valence-electron chi connectivity index (χ1n) is 9.93. The van der Waals surface area contributed by atoms with Crippen LogP contribution in [0.5, 0.6) is 17.2 Å². The molecule has 0 aliphatic carbocycles. The predicted octanol–water partition coefficient (Wildman–Crippen LogP) is 3.89. The molecule has 0 saturated carbocycles. The van der Waals surface area contributed by atoms with Crippen LogP contribution in [0.3, 0.4) is 0 Å². The van der Waals surface area contributed by atoms with E-state index in [0.29, 0.717) is 40.1 Å². The van der Waals surface area contributed by atoms with Crippen molar-refractivity contribution in [2.24, 2.45) is 0 Å². The molecule has 2 heterocycles. The molecule has 1 aliphatic heterocycles. The SMILES string of the molecule is COc1cc([C@H](CC(=O)Nc2nccs2)N2Cc3ccccc3C2=O)cc(OC)c1OC. The summed E-state index contributed by atoms with van der Waals surface area (Å²) in [6.07, 6.45) is 1.66. The number of benzene rings is 2. The van der Waals surface area contributed by atoms with Gasteiger partial charge in [-0.05, 0) is 29.3 Å². The van der Waals surface area contributed by atoms with Crippen molar-refractivity contribution in [3.63, 3.8) is 0 Å². The summed E-state index contributed by atoms with van der Waals surface area (Å²) >= 11 is 1.33. The van der Waals surface area contributed by atoms with Gasteiger partial charge in [0.2, 0.25) is 11.7 Å². The van der Waals surface area contributed by atoms with E-state index in [0.717, 1.165) is 5.56 Å². The van der Waals surface area contributed by atoms with Crippen molar-refractivity contribution < 1.29 is 23.8 Å². The average molecular weight is 454 g/mol. The first-order chi connectivity index (χ1) is 15.5. The number of carbonyl (C=O) groups is 2. The molecule has 0 saturated heterocycles. The number of rotatable bonds is 8. The molecule has 32 heavy (non-hydrogen) atoms. The molecule has 1 atom stereocenters. The first-order valence-corrected chi connectivity index (χ1v) is 10.8. The van der Waals surface area contributed by atoms with Gasteiger partial charge in [0, 0.05) is 23.7 Å². The lowest BCUT2D eigenvalue weighted by atomic mass is 10.00. The van der Waals surface area contributed by atoms with Gasteiger partial charge in [0.25, 0.3) is 5.91 Å². The van der Waals surface area contributed by atoms with Crippen molar-refractivity contribution in [1.82, 2.24) is 9.88 Å². The Morgan fingerprint density at radius 3 is 2.47 bits per heavy atom. The third-order valence-corrected chi connectivity index (χ3v) is 6.04. The van der Waals surface area contributed by atoms with Crippen molar-refractivity contribution in [3.8, 4) is 17.2 Å². The van der Waals surface area contributed by atoms with Crippen LogP contribution in [0.4, 0.5) is 5.13 Å². The summed E-state index contributed by atoms with van der Waals surface area (Å²) in [6, 6.07) is 10.5. The predicted molar refractivity (Wildman–Crippen MR) is 121 cm³/mol. The molecule has 0 fully saturated rings. The minimum Gasteiger partial charge on any atom is -0.493 e. The summed E-state index contributed by atoms with van der Waals surface area (Å²) in [7, 11) is 4.59. The van der Waals surface area contributed by atoms with Crippen LogP contribution in [0.15, 0.2) is 48.0 Å². The summed E-state index contributed by atoms with van der Waals surface area (Å²) in [5.41, 5.74) is 2.27. The maximum Gasteiger partial charge on any atom is 0.255 e. The molecule has 2 aromatic carbocycles. The molecular weight excluding hydrogens is 430 g/mol. The fourth-order valence-corrected chi connectivity index (χ4v) is 4.41. The Morgan fingerprint density at radius 1 is 1.16 bits per heavy atom. The largest absolute Gasteiger partial charge is 0.493 e. The summed E-state index contributed by atoms with van der Waals surface area (Å²) in [6.45, 7) is 0.404. The molecule has 2 amide bonds. The van der Waals surface area contributed by atoms with Gasteiger partial charge >= 0.3 is 0 Å². The highest BCUT2D eigenvalue weighted by molar-refractivity contribution is 7.13. The molecule has 0 spiro atoms. The number of thiazole rings is 1. The second kappa shape index (κ2) is 9.27. The van der Waals surface area contributed by atoms with Crippen LogP contribution in [0.1, 0.15) is 33.9 Å². The lowest BCUT2D eigenvalue weighted by Gasteiger charge is -2.29. The van der Waals surface area contributed by atoms with Gasteiger partial charge in [-0.25, -0.2) is 4.98 Å². The van der Waals surface area contributed by atoms with Crippen LogP contribution < -0.4 is 19.5 Å². The number of ether oxygens (including phenoxy) is 3. The Balaban J connectivity index is 1.73. The summed E-state index contributed by atoms with van der Waals surface area (Å²) < 4.78 is 16.4. The zero-order valence-electron chi connectivity index (χ0n) is 18.0. The highest BCUT2D eigenvalue weighted by Gasteiger charge is 2.35. The van der Waals surface area contributed by atoms with Crippen molar-refractivity contribution in [2.45, 2.75) is 19.0 Å². The molecule has 0 unspecified atom stereocenters. The van der Waals surface area contributed by atoms with E-state index in [9.17, 15) is 9.59 Å². The Labute approximate surface area is 189 Å². The number of nitrogens with one attached hydrogen (secondary N) is 1. The van der Waals surface area contributed by atoms with Crippen LogP contribution in [-0.4, -0.2) is 43.0 Å². The van der Waals surface area contributed by atoms with E-state index >= 15 is 0 Å². The van der Waals surface area contributed by atoms with E-state index in [2.05, 4.69) is 10.3 Å². The Morgan fingerprint density at radius 2 is 1.88 bits per heavy atom. The van der Waals surface area contributed by atoms with Gasteiger partial charge in [0.15, 0.2) is 16.6 Å². The third-order valence-electron chi connectivity index (χ3n) is 5.35. The van der Waals surface area contributed by atoms with Gasteiger partial charge < -0.3 is 24.4 Å². The summed E-state index contributed by atoms with van der Waals surface area (Å²) in [5, 5.41) is 5.10. The standard InChI is InChI=1S/C23H23N3O5S/c1-29-18-10-15(11-19(30-2)21(18)31-3)17(12-20(27)25-23-24-8-9-32-23)26-13-14-6-4-5-7-16(14)22(26)28/h4-11,17H,12-13H2,1-3H3,(H,24,25,27)/t17-/m0/s1. The molecule has 4 rings (SSSR count). The van der Waals surface area contributed by atoms with E-state index < -0.39 is 6.04 Å².